The second kappa shape index (κ2) is 9.86. The summed E-state index contributed by atoms with van der Waals surface area (Å²) in [5, 5.41) is 0. The average molecular weight is 326 g/mol. The number of carbonyl (C=O) groups excluding carboxylic acids is 1. The summed E-state index contributed by atoms with van der Waals surface area (Å²) in [4.78, 5) is 14.6. The van der Waals surface area contributed by atoms with Gasteiger partial charge in [-0.15, -0.1) is 12.4 Å². The monoisotopic (exact) mass is 325 g/mol. The highest BCUT2D eigenvalue weighted by Crippen LogP contribution is 2.17. The molecule has 1 aromatic carbocycles. The Balaban J connectivity index is 0.00000242. The van der Waals surface area contributed by atoms with Crippen molar-refractivity contribution >= 4 is 18.2 Å². The average Bonchev–Trinajstić information content (AvgIpc) is 2.51. The molecule has 1 unspecified atom stereocenters. The molecular formula is C18H28ClNO2. The lowest BCUT2D eigenvalue weighted by Gasteiger charge is -2.30. The summed E-state index contributed by atoms with van der Waals surface area (Å²) in [5.74, 6) is 1.84. The summed E-state index contributed by atoms with van der Waals surface area (Å²) in [6, 6.07) is 7.55. The van der Waals surface area contributed by atoms with E-state index in [0.29, 0.717) is 6.42 Å². The van der Waals surface area contributed by atoms with Crippen molar-refractivity contribution in [1.82, 2.24) is 4.90 Å². The normalized spacial score (nSPS) is 18.5. The van der Waals surface area contributed by atoms with Crippen LogP contribution in [0.3, 0.4) is 0 Å². The van der Waals surface area contributed by atoms with Crippen LogP contribution >= 0.6 is 12.4 Å². The first-order valence-corrected chi connectivity index (χ1v) is 8.17. The second-order valence-corrected chi connectivity index (χ2v) is 6.09. The number of hydrogen-bond donors (Lipinski definition) is 0. The number of rotatable bonds is 7. The molecule has 3 nitrogen and oxygen atoms in total. The van der Waals surface area contributed by atoms with Gasteiger partial charge < -0.3 is 9.64 Å². The van der Waals surface area contributed by atoms with Crippen molar-refractivity contribution in [1.29, 1.82) is 0 Å². The van der Waals surface area contributed by atoms with Crippen molar-refractivity contribution in [2.75, 3.05) is 26.2 Å². The quantitative estimate of drug-likeness (QED) is 0.704. The van der Waals surface area contributed by atoms with Gasteiger partial charge in [-0.1, -0.05) is 13.8 Å². The van der Waals surface area contributed by atoms with Crippen LogP contribution in [-0.4, -0.2) is 36.9 Å². The van der Waals surface area contributed by atoms with Crippen molar-refractivity contribution in [3.8, 4) is 5.75 Å². The SMILES string of the molecule is CCCOc1ccc(C(=O)CCN2CCCC(C)C2)cc1.Cl. The number of likely N-dealkylation sites (tertiary alicyclic amines) is 1. The molecule has 1 atom stereocenters. The van der Waals surface area contributed by atoms with Crippen molar-refractivity contribution in [3.05, 3.63) is 29.8 Å². The smallest absolute Gasteiger partial charge is 0.164 e. The van der Waals surface area contributed by atoms with E-state index in [-0.39, 0.29) is 18.2 Å². The van der Waals surface area contributed by atoms with Crippen LogP contribution in [0.2, 0.25) is 0 Å². The fourth-order valence-corrected chi connectivity index (χ4v) is 2.85. The van der Waals surface area contributed by atoms with Gasteiger partial charge in [0.1, 0.15) is 5.75 Å². The second-order valence-electron chi connectivity index (χ2n) is 6.09. The molecule has 0 spiro atoms. The van der Waals surface area contributed by atoms with Gasteiger partial charge >= 0.3 is 0 Å². The molecule has 0 amide bonds. The van der Waals surface area contributed by atoms with Crippen molar-refractivity contribution in [2.24, 2.45) is 5.92 Å². The van der Waals surface area contributed by atoms with Gasteiger partial charge in [-0.2, -0.15) is 0 Å². The minimum Gasteiger partial charge on any atom is -0.494 e. The number of benzene rings is 1. The number of ether oxygens (including phenoxy) is 1. The maximum absolute atomic E-state index is 12.2. The highest BCUT2D eigenvalue weighted by atomic mass is 35.5. The van der Waals surface area contributed by atoms with Gasteiger partial charge in [-0.25, -0.2) is 0 Å². The lowest BCUT2D eigenvalue weighted by molar-refractivity contribution is 0.0949. The van der Waals surface area contributed by atoms with Crippen LogP contribution in [0.15, 0.2) is 24.3 Å². The van der Waals surface area contributed by atoms with E-state index in [0.717, 1.165) is 49.9 Å². The zero-order valence-electron chi connectivity index (χ0n) is 13.7. The third kappa shape index (κ3) is 5.98. The molecule has 0 N–H and O–H groups in total. The molecule has 1 saturated heterocycles. The number of nitrogens with zero attached hydrogens (tertiary/aromatic N) is 1. The predicted octanol–water partition coefficient (Wildman–Crippen LogP) is 4.20. The van der Waals surface area contributed by atoms with Crippen LogP contribution in [0.25, 0.3) is 0 Å². The first-order chi connectivity index (χ1) is 10.2. The maximum atomic E-state index is 12.2. The van der Waals surface area contributed by atoms with Crippen molar-refractivity contribution in [3.63, 3.8) is 0 Å². The summed E-state index contributed by atoms with van der Waals surface area (Å²) in [5.41, 5.74) is 0.795. The van der Waals surface area contributed by atoms with E-state index >= 15 is 0 Å². The molecular weight excluding hydrogens is 298 g/mol. The molecule has 2 rings (SSSR count). The summed E-state index contributed by atoms with van der Waals surface area (Å²) in [6.45, 7) is 8.26. The summed E-state index contributed by atoms with van der Waals surface area (Å²) < 4.78 is 5.54. The lowest BCUT2D eigenvalue weighted by atomic mass is 9.99. The van der Waals surface area contributed by atoms with E-state index in [4.69, 9.17) is 4.74 Å². The number of halogens is 1. The highest BCUT2D eigenvalue weighted by Gasteiger charge is 2.17. The first kappa shape index (κ1) is 19.0. The van der Waals surface area contributed by atoms with Gasteiger partial charge in [-0.05, 0) is 56.0 Å². The molecule has 0 aromatic heterocycles. The summed E-state index contributed by atoms with van der Waals surface area (Å²) >= 11 is 0. The van der Waals surface area contributed by atoms with Gasteiger partial charge in [0.15, 0.2) is 5.78 Å². The van der Waals surface area contributed by atoms with Crippen LogP contribution in [0, 0.1) is 5.92 Å². The van der Waals surface area contributed by atoms with Gasteiger partial charge in [0.2, 0.25) is 0 Å². The molecule has 0 aliphatic carbocycles. The Labute approximate surface area is 140 Å². The Bertz CT molecular complexity index is 447. The van der Waals surface area contributed by atoms with E-state index in [1.165, 1.54) is 12.8 Å². The Kier molecular flexibility index (Phi) is 8.51. The lowest BCUT2D eigenvalue weighted by Crippen LogP contribution is -2.35. The van der Waals surface area contributed by atoms with Crippen LogP contribution in [0.4, 0.5) is 0 Å². The predicted molar refractivity (Wildman–Crippen MR) is 93.3 cm³/mol. The molecule has 1 fully saturated rings. The van der Waals surface area contributed by atoms with Crippen LogP contribution in [0.1, 0.15) is 49.9 Å². The van der Waals surface area contributed by atoms with Crippen LogP contribution < -0.4 is 4.74 Å². The number of hydrogen-bond acceptors (Lipinski definition) is 3. The van der Waals surface area contributed by atoms with E-state index < -0.39 is 0 Å². The number of carbonyl (C=O) groups is 1. The Morgan fingerprint density at radius 2 is 2.05 bits per heavy atom. The number of piperidine rings is 1. The Morgan fingerprint density at radius 3 is 2.68 bits per heavy atom. The topological polar surface area (TPSA) is 29.5 Å². The van der Waals surface area contributed by atoms with Gasteiger partial charge in [0.05, 0.1) is 6.61 Å². The number of ketones is 1. The molecule has 0 radical (unpaired) electrons. The minimum absolute atomic E-state index is 0. The van der Waals surface area contributed by atoms with E-state index in [9.17, 15) is 4.79 Å². The third-order valence-corrected chi connectivity index (χ3v) is 4.05. The third-order valence-electron chi connectivity index (χ3n) is 4.05. The van der Waals surface area contributed by atoms with E-state index in [1.807, 2.05) is 24.3 Å². The summed E-state index contributed by atoms with van der Waals surface area (Å²) in [7, 11) is 0. The van der Waals surface area contributed by atoms with E-state index in [1.54, 1.807) is 0 Å². The summed E-state index contributed by atoms with van der Waals surface area (Å²) in [6.07, 6.45) is 4.19. The largest absolute Gasteiger partial charge is 0.494 e. The van der Waals surface area contributed by atoms with Crippen molar-refractivity contribution in [2.45, 2.75) is 39.5 Å². The molecule has 1 aromatic rings. The van der Waals surface area contributed by atoms with Gasteiger partial charge in [0, 0.05) is 25.1 Å². The maximum Gasteiger partial charge on any atom is 0.164 e. The molecule has 124 valence electrons. The molecule has 0 bridgehead atoms. The van der Waals surface area contributed by atoms with Crippen molar-refractivity contribution < 1.29 is 9.53 Å². The Hall–Kier alpha value is -1.06. The molecule has 4 heteroatoms. The Morgan fingerprint density at radius 1 is 1.32 bits per heavy atom. The number of Topliss-reactive ketones (excluding diaryl/α,β-unsaturated/α-hetero) is 1. The molecule has 22 heavy (non-hydrogen) atoms. The standard InChI is InChI=1S/C18H27NO2.ClH/c1-3-13-21-17-8-6-16(7-9-17)18(20)10-12-19-11-4-5-15(2)14-19;/h6-9,15H,3-5,10-14H2,1-2H3;1H. The zero-order chi connectivity index (χ0) is 15.1. The fourth-order valence-electron chi connectivity index (χ4n) is 2.85. The molecule has 1 aliphatic heterocycles. The fraction of sp³-hybridized carbons (Fsp3) is 0.611. The highest BCUT2D eigenvalue weighted by molar-refractivity contribution is 5.96. The zero-order valence-corrected chi connectivity index (χ0v) is 14.5. The van der Waals surface area contributed by atoms with Gasteiger partial charge in [0.25, 0.3) is 0 Å². The molecule has 1 aliphatic rings. The van der Waals surface area contributed by atoms with Crippen LogP contribution in [0.5, 0.6) is 5.75 Å². The minimum atomic E-state index is 0. The van der Waals surface area contributed by atoms with Crippen LogP contribution in [-0.2, 0) is 0 Å². The molecule has 0 saturated carbocycles. The van der Waals surface area contributed by atoms with Gasteiger partial charge in [-0.3, -0.25) is 4.79 Å². The van der Waals surface area contributed by atoms with E-state index in [2.05, 4.69) is 18.7 Å². The molecule has 1 heterocycles. The first-order valence-electron chi connectivity index (χ1n) is 8.17.